The number of rotatable bonds is 29. The zero-order valence-electron chi connectivity index (χ0n) is 23.7. The molecular formula is C32H67N. The lowest BCUT2D eigenvalue weighted by Crippen LogP contribution is -2.13. The molecule has 2 N–H and O–H groups in total. The first kappa shape index (κ1) is 33.0. The molecule has 0 fully saturated rings. The van der Waals surface area contributed by atoms with E-state index < -0.39 is 0 Å². The normalized spacial score (nSPS) is 12.5. The largest absolute Gasteiger partial charge is 0.328 e. The molecule has 0 spiro atoms. The molecule has 1 unspecified atom stereocenters. The summed E-state index contributed by atoms with van der Waals surface area (Å²) in [7, 11) is 0. The van der Waals surface area contributed by atoms with Gasteiger partial charge in [-0.05, 0) is 13.3 Å². The van der Waals surface area contributed by atoms with Gasteiger partial charge in [-0.3, -0.25) is 0 Å². The van der Waals surface area contributed by atoms with Crippen molar-refractivity contribution in [2.24, 2.45) is 5.73 Å². The molecule has 33 heavy (non-hydrogen) atoms. The van der Waals surface area contributed by atoms with Crippen molar-refractivity contribution < 1.29 is 0 Å². The molecule has 0 aliphatic carbocycles. The van der Waals surface area contributed by atoms with Crippen LogP contribution in [-0.4, -0.2) is 6.04 Å². The summed E-state index contributed by atoms with van der Waals surface area (Å²) < 4.78 is 0. The Morgan fingerprint density at radius 3 is 0.697 bits per heavy atom. The molecule has 0 bridgehead atoms. The van der Waals surface area contributed by atoms with Crippen molar-refractivity contribution in [2.45, 2.75) is 206 Å². The van der Waals surface area contributed by atoms with Crippen molar-refractivity contribution in [3.05, 3.63) is 0 Å². The van der Waals surface area contributed by atoms with E-state index in [1.165, 1.54) is 186 Å². The van der Waals surface area contributed by atoms with Gasteiger partial charge < -0.3 is 5.73 Å². The van der Waals surface area contributed by atoms with Crippen molar-refractivity contribution in [1.29, 1.82) is 0 Å². The second-order valence-electron chi connectivity index (χ2n) is 11.3. The number of unbranched alkanes of at least 4 members (excludes halogenated alkanes) is 27. The summed E-state index contributed by atoms with van der Waals surface area (Å²) in [5.41, 5.74) is 5.80. The van der Waals surface area contributed by atoms with Crippen molar-refractivity contribution in [3.8, 4) is 0 Å². The standard InChI is InChI=1S/C32H67N/c1-3-4-5-6-7-8-9-10-11-12-13-14-15-16-17-18-19-20-21-22-23-24-25-26-27-28-29-30-31-32(2)33/h32H,3-31,33H2,1-2H3. The highest BCUT2D eigenvalue weighted by Gasteiger charge is 1.97. The predicted molar refractivity (Wildman–Crippen MR) is 153 cm³/mol. The lowest BCUT2D eigenvalue weighted by Gasteiger charge is -2.05. The van der Waals surface area contributed by atoms with Gasteiger partial charge in [-0.25, -0.2) is 0 Å². The molecule has 0 aliphatic rings. The highest BCUT2D eigenvalue weighted by molar-refractivity contribution is 4.54. The zero-order valence-corrected chi connectivity index (χ0v) is 23.7. The number of hydrogen-bond donors (Lipinski definition) is 1. The predicted octanol–water partition coefficient (Wildman–Crippen LogP) is 11.7. The van der Waals surface area contributed by atoms with Gasteiger partial charge in [0.1, 0.15) is 0 Å². The molecule has 0 heterocycles. The van der Waals surface area contributed by atoms with Crippen LogP contribution in [0.4, 0.5) is 0 Å². The first-order chi connectivity index (χ1) is 16.3. The fourth-order valence-electron chi connectivity index (χ4n) is 5.14. The Balaban J connectivity index is 3.00. The van der Waals surface area contributed by atoms with Crippen molar-refractivity contribution >= 4 is 0 Å². The van der Waals surface area contributed by atoms with E-state index in [1.807, 2.05) is 0 Å². The van der Waals surface area contributed by atoms with E-state index in [0.29, 0.717) is 6.04 Å². The highest BCUT2D eigenvalue weighted by Crippen LogP contribution is 2.16. The van der Waals surface area contributed by atoms with E-state index in [-0.39, 0.29) is 0 Å². The minimum Gasteiger partial charge on any atom is -0.328 e. The fraction of sp³-hybridized carbons (Fsp3) is 1.00. The SMILES string of the molecule is CCCCCCCCCCCCCCCCCCCCCCCCCCCCCCC(C)N. The molecule has 0 aromatic rings. The van der Waals surface area contributed by atoms with Crippen LogP contribution in [0.25, 0.3) is 0 Å². The Kier molecular flexibility index (Phi) is 30.0. The maximum absolute atomic E-state index is 5.80. The Morgan fingerprint density at radius 1 is 0.333 bits per heavy atom. The lowest BCUT2D eigenvalue weighted by molar-refractivity contribution is 0.511. The molecule has 0 aromatic heterocycles. The molecule has 1 nitrogen and oxygen atoms in total. The van der Waals surface area contributed by atoms with E-state index in [1.54, 1.807) is 0 Å². The maximum atomic E-state index is 5.80. The smallest absolute Gasteiger partial charge is 0.00104 e. The summed E-state index contributed by atoms with van der Waals surface area (Å²) in [5, 5.41) is 0. The first-order valence-electron chi connectivity index (χ1n) is 16.0. The molecule has 1 atom stereocenters. The summed E-state index contributed by atoms with van der Waals surface area (Å²) in [6, 6.07) is 0.397. The molecule has 1 heteroatoms. The third-order valence-electron chi connectivity index (χ3n) is 7.51. The molecule has 0 radical (unpaired) electrons. The van der Waals surface area contributed by atoms with Crippen molar-refractivity contribution in [2.75, 3.05) is 0 Å². The van der Waals surface area contributed by atoms with Gasteiger partial charge in [-0.2, -0.15) is 0 Å². The molecule has 0 rings (SSSR count). The van der Waals surface area contributed by atoms with Gasteiger partial charge in [0.25, 0.3) is 0 Å². The van der Waals surface area contributed by atoms with E-state index in [9.17, 15) is 0 Å². The fourth-order valence-corrected chi connectivity index (χ4v) is 5.14. The second-order valence-corrected chi connectivity index (χ2v) is 11.3. The Bertz CT molecular complexity index is 324. The average molecular weight is 466 g/mol. The van der Waals surface area contributed by atoms with Gasteiger partial charge in [0.05, 0.1) is 0 Å². The lowest BCUT2D eigenvalue weighted by atomic mass is 10.0. The second kappa shape index (κ2) is 30.0. The van der Waals surface area contributed by atoms with E-state index in [2.05, 4.69) is 13.8 Å². The molecule has 0 aromatic carbocycles. The molecule has 0 saturated heterocycles. The van der Waals surface area contributed by atoms with Crippen LogP contribution >= 0.6 is 0 Å². The quantitative estimate of drug-likeness (QED) is 0.109. The Hall–Kier alpha value is -0.0400. The van der Waals surface area contributed by atoms with Gasteiger partial charge in [0, 0.05) is 6.04 Å². The van der Waals surface area contributed by atoms with Crippen LogP contribution in [0.15, 0.2) is 0 Å². The summed E-state index contributed by atoms with van der Waals surface area (Å²) in [5.74, 6) is 0. The van der Waals surface area contributed by atoms with Crippen LogP contribution in [0.1, 0.15) is 200 Å². The maximum Gasteiger partial charge on any atom is 0.00104 e. The summed E-state index contributed by atoms with van der Waals surface area (Å²) in [6.45, 7) is 4.43. The Morgan fingerprint density at radius 2 is 0.515 bits per heavy atom. The van der Waals surface area contributed by atoms with Gasteiger partial charge in [-0.15, -0.1) is 0 Å². The molecule has 0 amide bonds. The van der Waals surface area contributed by atoms with Gasteiger partial charge >= 0.3 is 0 Å². The third-order valence-corrected chi connectivity index (χ3v) is 7.51. The monoisotopic (exact) mass is 466 g/mol. The van der Waals surface area contributed by atoms with Crippen molar-refractivity contribution in [1.82, 2.24) is 0 Å². The van der Waals surface area contributed by atoms with Gasteiger partial charge in [-0.1, -0.05) is 187 Å². The van der Waals surface area contributed by atoms with Crippen LogP contribution in [0.2, 0.25) is 0 Å². The summed E-state index contributed by atoms with van der Waals surface area (Å²) in [6.07, 6.45) is 42.2. The third kappa shape index (κ3) is 32.0. The minimum atomic E-state index is 0.397. The minimum absolute atomic E-state index is 0.397. The van der Waals surface area contributed by atoms with Crippen LogP contribution in [-0.2, 0) is 0 Å². The first-order valence-corrected chi connectivity index (χ1v) is 16.0. The van der Waals surface area contributed by atoms with Crippen LogP contribution < -0.4 is 5.73 Å². The van der Waals surface area contributed by atoms with E-state index in [4.69, 9.17) is 5.73 Å². The summed E-state index contributed by atoms with van der Waals surface area (Å²) >= 11 is 0. The number of nitrogens with two attached hydrogens (primary N) is 1. The Labute approximate surface area is 211 Å². The summed E-state index contributed by atoms with van der Waals surface area (Å²) in [4.78, 5) is 0. The highest BCUT2D eigenvalue weighted by atomic mass is 14.6. The van der Waals surface area contributed by atoms with E-state index >= 15 is 0 Å². The molecule has 0 saturated carbocycles. The molecule has 0 aliphatic heterocycles. The zero-order chi connectivity index (χ0) is 24.1. The average Bonchev–Trinajstić information content (AvgIpc) is 2.80. The van der Waals surface area contributed by atoms with Gasteiger partial charge in [0.15, 0.2) is 0 Å². The van der Waals surface area contributed by atoms with E-state index in [0.717, 1.165) is 0 Å². The number of hydrogen-bond acceptors (Lipinski definition) is 1. The van der Waals surface area contributed by atoms with Crippen LogP contribution in [0.5, 0.6) is 0 Å². The van der Waals surface area contributed by atoms with Crippen molar-refractivity contribution in [3.63, 3.8) is 0 Å². The van der Waals surface area contributed by atoms with Gasteiger partial charge in [0.2, 0.25) is 0 Å². The topological polar surface area (TPSA) is 26.0 Å². The molecule has 200 valence electrons. The molecular weight excluding hydrogens is 398 g/mol. The van der Waals surface area contributed by atoms with Crippen LogP contribution in [0.3, 0.4) is 0 Å². The van der Waals surface area contributed by atoms with Crippen LogP contribution in [0, 0.1) is 0 Å².